The molecular formula is C14H18ClNO3. The van der Waals surface area contributed by atoms with E-state index in [9.17, 15) is 0 Å². The minimum absolute atomic E-state index is 0.0261. The highest BCUT2D eigenvalue weighted by Gasteiger charge is 2.30. The fourth-order valence-electron chi connectivity index (χ4n) is 2.69. The van der Waals surface area contributed by atoms with Crippen molar-refractivity contribution in [1.29, 1.82) is 0 Å². The Bertz CT molecular complexity index is 484. The van der Waals surface area contributed by atoms with Gasteiger partial charge in [0.1, 0.15) is 0 Å². The molecule has 4 nitrogen and oxygen atoms in total. The number of fused-ring (bicyclic) bond motifs is 1. The van der Waals surface area contributed by atoms with Crippen LogP contribution in [0.1, 0.15) is 37.0 Å². The lowest BCUT2D eigenvalue weighted by molar-refractivity contribution is 0.0269. The smallest absolute Gasteiger partial charge is 0.231 e. The van der Waals surface area contributed by atoms with Crippen molar-refractivity contribution in [3.63, 3.8) is 0 Å². The van der Waals surface area contributed by atoms with Crippen LogP contribution >= 0.6 is 11.6 Å². The van der Waals surface area contributed by atoms with E-state index >= 15 is 0 Å². The zero-order valence-electron chi connectivity index (χ0n) is 11.2. The summed E-state index contributed by atoms with van der Waals surface area (Å²) in [5.41, 5.74) is 2.25. The van der Waals surface area contributed by atoms with E-state index in [1.165, 1.54) is 0 Å². The minimum Gasteiger partial charge on any atom is -0.453 e. The largest absolute Gasteiger partial charge is 0.453 e. The van der Waals surface area contributed by atoms with E-state index in [2.05, 4.69) is 19.2 Å². The molecule has 1 atom stereocenters. The predicted molar refractivity (Wildman–Crippen MR) is 73.2 cm³/mol. The van der Waals surface area contributed by atoms with Crippen LogP contribution in [0.3, 0.4) is 0 Å². The van der Waals surface area contributed by atoms with Gasteiger partial charge in [-0.05, 0) is 17.5 Å². The quantitative estimate of drug-likeness (QED) is 0.906. The van der Waals surface area contributed by atoms with Crippen LogP contribution in [0, 0.1) is 0 Å². The third-order valence-electron chi connectivity index (χ3n) is 3.52. The van der Waals surface area contributed by atoms with Crippen molar-refractivity contribution in [3.05, 3.63) is 22.2 Å². The van der Waals surface area contributed by atoms with Crippen LogP contribution in [0.25, 0.3) is 0 Å². The summed E-state index contributed by atoms with van der Waals surface area (Å²) in [6, 6.07) is 1.96. The molecule has 1 unspecified atom stereocenters. The number of nitrogens with one attached hydrogen (secondary N) is 1. The number of rotatable bonds is 2. The Hall–Kier alpha value is -0.970. The van der Waals surface area contributed by atoms with E-state index in [4.69, 9.17) is 25.8 Å². The Kier molecular flexibility index (Phi) is 3.56. The SMILES string of the molecule is CC(C)c1c(C2CNCCO2)cc(Cl)c2c1OCO2. The van der Waals surface area contributed by atoms with Gasteiger partial charge in [0.15, 0.2) is 11.5 Å². The molecule has 0 radical (unpaired) electrons. The lowest BCUT2D eigenvalue weighted by atomic mass is 9.92. The zero-order chi connectivity index (χ0) is 13.4. The van der Waals surface area contributed by atoms with Gasteiger partial charge in [-0.2, -0.15) is 0 Å². The van der Waals surface area contributed by atoms with E-state index < -0.39 is 0 Å². The summed E-state index contributed by atoms with van der Waals surface area (Å²) in [4.78, 5) is 0. The summed E-state index contributed by atoms with van der Waals surface area (Å²) in [7, 11) is 0. The molecule has 0 aliphatic carbocycles. The maximum Gasteiger partial charge on any atom is 0.231 e. The molecule has 0 bridgehead atoms. The second kappa shape index (κ2) is 5.19. The fraction of sp³-hybridized carbons (Fsp3) is 0.571. The van der Waals surface area contributed by atoms with Crippen molar-refractivity contribution < 1.29 is 14.2 Å². The molecule has 19 heavy (non-hydrogen) atoms. The van der Waals surface area contributed by atoms with Crippen molar-refractivity contribution in [2.24, 2.45) is 0 Å². The summed E-state index contributed by atoms with van der Waals surface area (Å²) in [5, 5.41) is 3.94. The van der Waals surface area contributed by atoms with Crippen molar-refractivity contribution in [1.82, 2.24) is 5.32 Å². The predicted octanol–water partition coefficient (Wildman–Crippen LogP) is 2.85. The molecule has 1 saturated heterocycles. The van der Waals surface area contributed by atoms with Crippen LogP contribution in [-0.2, 0) is 4.74 Å². The molecule has 0 amide bonds. The van der Waals surface area contributed by atoms with E-state index in [1.54, 1.807) is 0 Å². The minimum atomic E-state index is 0.0261. The first-order valence-electron chi connectivity index (χ1n) is 6.62. The fourth-order valence-corrected chi connectivity index (χ4v) is 2.95. The lowest BCUT2D eigenvalue weighted by Gasteiger charge is -2.27. The molecule has 1 aromatic carbocycles. The van der Waals surface area contributed by atoms with Gasteiger partial charge in [0.2, 0.25) is 6.79 Å². The monoisotopic (exact) mass is 283 g/mol. The zero-order valence-corrected chi connectivity index (χ0v) is 11.9. The van der Waals surface area contributed by atoms with E-state index in [-0.39, 0.29) is 12.9 Å². The van der Waals surface area contributed by atoms with Gasteiger partial charge in [0.05, 0.1) is 17.7 Å². The molecule has 2 aliphatic heterocycles. The van der Waals surface area contributed by atoms with Crippen LogP contribution in [-0.4, -0.2) is 26.5 Å². The highest BCUT2D eigenvalue weighted by molar-refractivity contribution is 6.32. The number of halogens is 1. The van der Waals surface area contributed by atoms with E-state index in [1.807, 2.05) is 6.07 Å². The molecule has 0 saturated carbocycles. The molecule has 0 spiro atoms. The van der Waals surface area contributed by atoms with E-state index in [0.29, 0.717) is 23.3 Å². The summed E-state index contributed by atoms with van der Waals surface area (Å²) in [6.45, 7) is 6.94. The Morgan fingerprint density at radius 1 is 1.32 bits per heavy atom. The molecule has 2 aliphatic rings. The molecule has 104 valence electrons. The number of ether oxygens (including phenoxy) is 3. The van der Waals surface area contributed by atoms with Crippen LogP contribution in [0.4, 0.5) is 0 Å². The third-order valence-corrected chi connectivity index (χ3v) is 3.80. The summed E-state index contributed by atoms with van der Waals surface area (Å²) in [5.74, 6) is 1.78. The molecule has 1 aromatic rings. The number of hydrogen-bond donors (Lipinski definition) is 1. The highest BCUT2D eigenvalue weighted by Crippen LogP contribution is 2.48. The summed E-state index contributed by atoms with van der Waals surface area (Å²) < 4.78 is 16.9. The molecule has 2 heterocycles. The van der Waals surface area contributed by atoms with Gasteiger partial charge in [-0.3, -0.25) is 0 Å². The van der Waals surface area contributed by atoms with Gasteiger partial charge in [-0.1, -0.05) is 25.4 Å². The number of hydrogen-bond acceptors (Lipinski definition) is 4. The molecule has 0 aromatic heterocycles. The normalized spacial score (nSPS) is 22.0. The van der Waals surface area contributed by atoms with Gasteiger partial charge in [0, 0.05) is 18.7 Å². The first-order valence-corrected chi connectivity index (χ1v) is 7.00. The second-order valence-corrected chi connectivity index (χ2v) is 5.55. The topological polar surface area (TPSA) is 39.7 Å². The molecule has 1 fully saturated rings. The van der Waals surface area contributed by atoms with Crippen molar-refractivity contribution in [2.75, 3.05) is 26.5 Å². The van der Waals surface area contributed by atoms with Crippen LogP contribution in [0.5, 0.6) is 11.5 Å². The molecule has 5 heteroatoms. The van der Waals surface area contributed by atoms with Gasteiger partial charge >= 0.3 is 0 Å². The maximum absolute atomic E-state index is 6.29. The van der Waals surface area contributed by atoms with Crippen LogP contribution < -0.4 is 14.8 Å². The summed E-state index contributed by atoms with van der Waals surface area (Å²) >= 11 is 6.29. The van der Waals surface area contributed by atoms with Gasteiger partial charge in [-0.15, -0.1) is 0 Å². The van der Waals surface area contributed by atoms with Gasteiger partial charge < -0.3 is 19.5 Å². The van der Waals surface area contributed by atoms with Gasteiger partial charge in [-0.25, -0.2) is 0 Å². The van der Waals surface area contributed by atoms with Crippen molar-refractivity contribution in [2.45, 2.75) is 25.9 Å². The Morgan fingerprint density at radius 2 is 2.11 bits per heavy atom. The Labute approximate surface area is 118 Å². The second-order valence-electron chi connectivity index (χ2n) is 5.14. The Balaban J connectivity index is 2.09. The van der Waals surface area contributed by atoms with Crippen LogP contribution in [0.2, 0.25) is 5.02 Å². The first kappa shape index (κ1) is 13.0. The highest BCUT2D eigenvalue weighted by atomic mass is 35.5. The average Bonchev–Trinajstić information content (AvgIpc) is 2.88. The maximum atomic E-state index is 6.29. The molecular weight excluding hydrogens is 266 g/mol. The van der Waals surface area contributed by atoms with Crippen LogP contribution in [0.15, 0.2) is 6.07 Å². The van der Waals surface area contributed by atoms with E-state index in [0.717, 1.165) is 30.0 Å². The number of morpholine rings is 1. The third kappa shape index (κ3) is 2.29. The van der Waals surface area contributed by atoms with Gasteiger partial charge in [0.25, 0.3) is 0 Å². The first-order chi connectivity index (χ1) is 9.18. The standard InChI is InChI=1S/C14H18ClNO3/c1-8(2)12-9(11-6-16-3-4-17-11)5-10(15)13-14(12)19-7-18-13/h5,8,11,16H,3-4,6-7H2,1-2H3. The molecule has 1 N–H and O–H groups in total. The summed E-state index contributed by atoms with van der Waals surface area (Å²) in [6.07, 6.45) is 0.0261. The van der Waals surface area contributed by atoms with Crippen molar-refractivity contribution in [3.8, 4) is 11.5 Å². The number of benzene rings is 1. The van der Waals surface area contributed by atoms with Crippen molar-refractivity contribution >= 4 is 11.6 Å². The lowest BCUT2D eigenvalue weighted by Crippen LogP contribution is -2.33. The Morgan fingerprint density at radius 3 is 2.79 bits per heavy atom. The average molecular weight is 284 g/mol. The molecule has 3 rings (SSSR count).